The van der Waals surface area contributed by atoms with Gasteiger partial charge in [0.15, 0.2) is 0 Å². The first kappa shape index (κ1) is 9.61. The maximum atomic E-state index is 10.8. The minimum absolute atomic E-state index is 0. The molecule has 70 valence electrons. The number of amides is 2. The van der Waals surface area contributed by atoms with Crippen LogP contribution >= 0.6 is 12.4 Å². The monoisotopic (exact) mass is 191 g/mol. The lowest BCUT2D eigenvalue weighted by atomic mass is 10.0. The Morgan fingerprint density at radius 3 is 2.25 bits per heavy atom. The second kappa shape index (κ2) is 3.49. The van der Waals surface area contributed by atoms with Crippen molar-refractivity contribution in [3.05, 3.63) is 0 Å². The maximum absolute atomic E-state index is 10.8. The number of hydrogen-bond acceptors (Lipinski definition) is 2. The molecular formula is C7H14ClN3O. The summed E-state index contributed by atoms with van der Waals surface area (Å²) >= 11 is 0. The van der Waals surface area contributed by atoms with Gasteiger partial charge in [-0.15, -0.1) is 12.4 Å². The van der Waals surface area contributed by atoms with E-state index in [0.717, 1.165) is 26.2 Å². The molecule has 0 aromatic heterocycles. The van der Waals surface area contributed by atoms with Crippen LogP contribution in [0.4, 0.5) is 4.79 Å². The summed E-state index contributed by atoms with van der Waals surface area (Å²) in [5.74, 6) is 1.31. The first-order valence-corrected chi connectivity index (χ1v) is 4.02. The van der Waals surface area contributed by atoms with Crippen molar-refractivity contribution < 1.29 is 4.79 Å². The van der Waals surface area contributed by atoms with Gasteiger partial charge in [-0.3, -0.25) is 0 Å². The molecule has 2 atom stereocenters. The third-order valence-electron chi connectivity index (χ3n) is 2.70. The van der Waals surface area contributed by atoms with Gasteiger partial charge in [0.1, 0.15) is 0 Å². The van der Waals surface area contributed by atoms with Gasteiger partial charge in [-0.1, -0.05) is 0 Å². The zero-order valence-corrected chi connectivity index (χ0v) is 7.64. The number of rotatable bonds is 0. The van der Waals surface area contributed by atoms with Crippen LogP contribution in [-0.2, 0) is 0 Å². The maximum Gasteiger partial charge on any atom is 0.314 e. The van der Waals surface area contributed by atoms with Crippen molar-refractivity contribution in [2.24, 2.45) is 17.6 Å². The molecule has 2 rings (SSSR count). The Bertz CT molecular complexity index is 175. The highest BCUT2D eigenvalue weighted by atomic mass is 35.5. The van der Waals surface area contributed by atoms with E-state index in [9.17, 15) is 4.79 Å². The Morgan fingerprint density at radius 1 is 1.33 bits per heavy atom. The van der Waals surface area contributed by atoms with Crippen molar-refractivity contribution in [3.63, 3.8) is 0 Å². The van der Waals surface area contributed by atoms with E-state index in [0.29, 0.717) is 11.8 Å². The number of carbonyl (C=O) groups is 1. The molecule has 3 N–H and O–H groups in total. The average Bonchev–Trinajstić information content (AvgIpc) is 2.40. The number of likely N-dealkylation sites (tertiary alicyclic amines) is 1. The Morgan fingerprint density at radius 2 is 1.83 bits per heavy atom. The largest absolute Gasteiger partial charge is 0.351 e. The second-order valence-electron chi connectivity index (χ2n) is 3.42. The fraction of sp³-hybridized carbons (Fsp3) is 0.857. The molecule has 0 radical (unpaired) electrons. The van der Waals surface area contributed by atoms with Crippen molar-refractivity contribution in [3.8, 4) is 0 Å². The molecule has 2 amide bonds. The zero-order chi connectivity index (χ0) is 7.84. The third-order valence-corrected chi connectivity index (χ3v) is 2.70. The van der Waals surface area contributed by atoms with E-state index >= 15 is 0 Å². The van der Waals surface area contributed by atoms with Crippen LogP contribution in [0.1, 0.15) is 0 Å². The summed E-state index contributed by atoms with van der Waals surface area (Å²) in [6.45, 7) is 3.81. The molecule has 12 heavy (non-hydrogen) atoms. The van der Waals surface area contributed by atoms with Gasteiger partial charge in [0.2, 0.25) is 0 Å². The summed E-state index contributed by atoms with van der Waals surface area (Å²) in [6, 6.07) is -0.264. The molecule has 2 unspecified atom stereocenters. The van der Waals surface area contributed by atoms with Gasteiger partial charge in [-0.05, 0) is 11.8 Å². The minimum atomic E-state index is -0.264. The normalized spacial score (nSPS) is 32.8. The molecule has 5 heteroatoms. The van der Waals surface area contributed by atoms with E-state index in [1.807, 2.05) is 0 Å². The standard InChI is InChI=1S/C7H13N3O.ClH/c8-7(11)10-3-5-1-9-2-6(5)4-10;/h5-6,9H,1-4H2,(H2,8,11);1H. The van der Waals surface area contributed by atoms with E-state index in [4.69, 9.17) is 5.73 Å². The van der Waals surface area contributed by atoms with Crippen LogP contribution in [0.5, 0.6) is 0 Å². The van der Waals surface area contributed by atoms with Gasteiger partial charge < -0.3 is 16.0 Å². The average molecular weight is 192 g/mol. The Balaban J connectivity index is 0.000000720. The first-order chi connectivity index (χ1) is 5.27. The highest BCUT2D eigenvalue weighted by molar-refractivity contribution is 5.85. The van der Waals surface area contributed by atoms with E-state index in [1.165, 1.54) is 0 Å². The Hall–Kier alpha value is -0.480. The predicted molar refractivity (Wildman–Crippen MR) is 48.3 cm³/mol. The molecule has 0 spiro atoms. The predicted octanol–water partition coefficient (Wildman–Crippen LogP) is -0.362. The number of primary amides is 1. The molecule has 2 heterocycles. The number of hydrogen-bond donors (Lipinski definition) is 2. The van der Waals surface area contributed by atoms with E-state index < -0.39 is 0 Å². The van der Waals surface area contributed by atoms with Crippen LogP contribution < -0.4 is 11.1 Å². The molecule has 2 aliphatic heterocycles. The zero-order valence-electron chi connectivity index (χ0n) is 6.82. The molecule has 0 bridgehead atoms. The van der Waals surface area contributed by atoms with Crippen LogP contribution in [0.3, 0.4) is 0 Å². The second-order valence-corrected chi connectivity index (χ2v) is 3.42. The van der Waals surface area contributed by atoms with Crippen LogP contribution in [0.25, 0.3) is 0 Å². The lowest BCUT2D eigenvalue weighted by Gasteiger charge is -2.13. The van der Waals surface area contributed by atoms with Crippen LogP contribution in [-0.4, -0.2) is 37.1 Å². The Kier molecular flexibility index (Phi) is 2.80. The number of urea groups is 1. The number of nitrogens with two attached hydrogens (primary N) is 1. The molecule has 2 fully saturated rings. The molecule has 0 aromatic rings. The van der Waals surface area contributed by atoms with Gasteiger partial charge in [0.05, 0.1) is 0 Å². The topological polar surface area (TPSA) is 58.4 Å². The van der Waals surface area contributed by atoms with Gasteiger partial charge in [0, 0.05) is 26.2 Å². The van der Waals surface area contributed by atoms with E-state index in [1.54, 1.807) is 4.90 Å². The number of halogens is 1. The first-order valence-electron chi connectivity index (χ1n) is 4.02. The fourth-order valence-corrected chi connectivity index (χ4v) is 2.04. The molecule has 0 aromatic carbocycles. The van der Waals surface area contributed by atoms with Crippen LogP contribution in [0.15, 0.2) is 0 Å². The summed E-state index contributed by atoms with van der Waals surface area (Å²) in [6.07, 6.45) is 0. The molecular weight excluding hydrogens is 178 g/mol. The Labute approximate surface area is 77.9 Å². The van der Waals surface area contributed by atoms with Gasteiger partial charge >= 0.3 is 6.03 Å². The summed E-state index contributed by atoms with van der Waals surface area (Å²) in [7, 11) is 0. The summed E-state index contributed by atoms with van der Waals surface area (Å²) in [5.41, 5.74) is 5.17. The number of fused-ring (bicyclic) bond motifs is 1. The molecule has 2 saturated heterocycles. The number of nitrogens with zero attached hydrogens (tertiary/aromatic N) is 1. The number of carbonyl (C=O) groups excluding carboxylic acids is 1. The molecule has 4 nitrogen and oxygen atoms in total. The van der Waals surface area contributed by atoms with Crippen molar-refractivity contribution in [2.75, 3.05) is 26.2 Å². The smallest absolute Gasteiger partial charge is 0.314 e. The minimum Gasteiger partial charge on any atom is -0.351 e. The molecule has 0 aliphatic carbocycles. The molecule has 0 saturated carbocycles. The third kappa shape index (κ3) is 1.49. The highest BCUT2D eigenvalue weighted by Crippen LogP contribution is 2.25. The van der Waals surface area contributed by atoms with Gasteiger partial charge in [-0.25, -0.2) is 4.79 Å². The highest BCUT2D eigenvalue weighted by Gasteiger charge is 2.37. The fourth-order valence-electron chi connectivity index (χ4n) is 2.04. The quantitative estimate of drug-likeness (QED) is 0.550. The van der Waals surface area contributed by atoms with Crippen molar-refractivity contribution in [2.45, 2.75) is 0 Å². The van der Waals surface area contributed by atoms with Crippen molar-refractivity contribution in [1.82, 2.24) is 10.2 Å². The van der Waals surface area contributed by atoms with Gasteiger partial charge in [0.25, 0.3) is 0 Å². The summed E-state index contributed by atoms with van der Waals surface area (Å²) in [4.78, 5) is 12.5. The van der Waals surface area contributed by atoms with E-state index in [-0.39, 0.29) is 18.4 Å². The summed E-state index contributed by atoms with van der Waals surface area (Å²) in [5, 5.41) is 3.30. The summed E-state index contributed by atoms with van der Waals surface area (Å²) < 4.78 is 0. The molecule has 2 aliphatic rings. The SMILES string of the molecule is Cl.NC(=O)N1CC2CNCC2C1. The lowest BCUT2D eigenvalue weighted by Crippen LogP contribution is -2.35. The lowest BCUT2D eigenvalue weighted by molar-refractivity contribution is 0.215. The van der Waals surface area contributed by atoms with E-state index in [2.05, 4.69) is 5.32 Å². The number of nitrogens with one attached hydrogen (secondary N) is 1. The van der Waals surface area contributed by atoms with Crippen LogP contribution in [0, 0.1) is 11.8 Å². The van der Waals surface area contributed by atoms with Gasteiger partial charge in [-0.2, -0.15) is 0 Å². The van der Waals surface area contributed by atoms with Crippen LogP contribution in [0.2, 0.25) is 0 Å². The van der Waals surface area contributed by atoms with Crippen molar-refractivity contribution >= 4 is 18.4 Å². The van der Waals surface area contributed by atoms with Crippen molar-refractivity contribution in [1.29, 1.82) is 0 Å².